The molecular weight excluding hydrogens is 843 g/mol. The van der Waals surface area contributed by atoms with Crippen LogP contribution in [0.15, 0.2) is 241 Å². The number of furan rings is 1. The largest absolute Gasteiger partial charge is 0.456 e. The molecule has 0 unspecified atom stereocenters. The van der Waals surface area contributed by atoms with Crippen LogP contribution in [0.4, 0.5) is 0 Å². The van der Waals surface area contributed by atoms with Crippen molar-refractivity contribution in [3.05, 3.63) is 237 Å². The summed E-state index contributed by atoms with van der Waals surface area (Å²) in [5.74, 6) is 1.66. The van der Waals surface area contributed by atoms with Gasteiger partial charge in [-0.05, 0) is 88.0 Å². The van der Waals surface area contributed by atoms with Gasteiger partial charge in [0, 0.05) is 49.1 Å². The van der Waals surface area contributed by atoms with Crippen molar-refractivity contribution in [1.82, 2.24) is 24.1 Å². The van der Waals surface area contributed by atoms with Crippen molar-refractivity contribution >= 4 is 65.6 Å². The Kier molecular flexibility index (Phi) is 8.79. The van der Waals surface area contributed by atoms with Crippen LogP contribution in [-0.4, -0.2) is 24.1 Å². The molecule has 4 heterocycles. The highest BCUT2D eigenvalue weighted by atomic mass is 16.3. The van der Waals surface area contributed by atoms with E-state index in [1.807, 2.05) is 24.3 Å². The van der Waals surface area contributed by atoms with Gasteiger partial charge < -0.3 is 8.98 Å². The first-order valence-electron chi connectivity index (χ1n) is 23.3. The van der Waals surface area contributed by atoms with Crippen molar-refractivity contribution in [2.24, 2.45) is 0 Å². The van der Waals surface area contributed by atoms with Crippen LogP contribution < -0.4 is 0 Å². The van der Waals surface area contributed by atoms with Gasteiger partial charge in [0.05, 0.1) is 22.1 Å². The summed E-state index contributed by atoms with van der Waals surface area (Å²) >= 11 is 0. The van der Waals surface area contributed by atoms with E-state index in [1.165, 1.54) is 16.5 Å². The molecule has 0 aliphatic carbocycles. The number of aromatic nitrogens is 5. The number of hydrogen-bond donors (Lipinski definition) is 0. The Labute approximate surface area is 396 Å². The van der Waals surface area contributed by atoms with E-state index < -0.39 is 0 Å². The Morgan fingerprint density at radius 3 is 1.49 bits per heavy atom. The Morgan fingerprint density at radius 1 is 0.304 bits per heavy atom. The van der Waals surface area contributed by atoms with E-state index in [2.05, 4.69) is 221 Å². The molecule has 0 aliphatic heterocycles. The van der Waals surface area contributed by atoms with Gasteiger partial charge in [0.1, 0.15) is 11.2 Å². The molecule has 6 heteroatoms. The summed E-state index contributed by atoms with van der Waals surface area (Å²) in [6.07, 6.45) is 0. The van der Waals surface area contributed by atoms with Gasteiger partial charge >= 0.3 is 0 Å². The minimum absolute atomic E-state index is 0.525. The molecule has 69 heavy (non-hydrogen) atoms. The number of benzene rings is 10. The van der Waals surface area contributed by atoms with Gasteiger partial charge in [-0.15, -0.1) is 0 Å². The number of nitrogens with zero attached hydrogens (tertiary/aromatic N) is 5. The summed E-state index contributed by atoms with van der Waals surface area (Å²) in [5.41, 5.74) is 15.4. The molecule has 10 aromatic carbocycles. The predicted molar refractivity (Wildman–Crippen MR) is 283 cm³/mol. The summed E-state index contributed by atoms with van der Waals surface area (Å²) in [7, 11) is 0. The fourth-order valence-electron chi connectivity index (χ4n) is 10.4. The van der Waals surface area contributed by atoms with Crippen LogP contribution in [0.25, 0.3) is 133 Å². The van der Waals surface area contributed by atoms with Crippen LogP contribution in [0, 0.1) is 0 Å². The van der Waals surface area contributed by atoms with Gasteiger partial charge in [0.25, 0.3) is 0 Å². The van der Waals surface area contributed by atoms with Gasteiger partial charge in [0.15, 0.2) is 11.6 Å². The zero-order valence-corrected chi connectivity index (χ0v) is 37.2. The molecule has 14 aromatic rings. The minimum atomic E-state index is 0.525. The first-order chi connectivity index (χ1) is 34.2. The van der Waals surface area contributed by atoms with Gasteiger partial charge in [-0.3, -0.25) is 4.57 Å². The van der Waals surface area contributed by atoms with E-state index in [9.17, 15) is 0 Å². The SMILES string of the molecule is c1ccc(-c2ccc(-n3c4ccccc4c4ccc5c6ccccc6n(-c6nc(-c7cccc(-c8ccccc8)c7)nc(-c7ccc8oc9cccc(-c%10ccccc%10)c9c8c7)n6)c5c43)cc2)cc1. The van der Waals surface area contributed by atoms with Gasteiger partial charge in [-0.25, -0.2) is 4.98 Å². The van der Waals surface area contributed by atoms with Crippen LogP contribution >= 0.6 is 0 Å². The summed E-state index contributed by atoms with van der Waals surface area (Å²) in [6, 6.07) is 83.3. The number of rotatable bonds is 7. The molecule has 0 bridgehead atoms. The number of fused-ring (bicyclic) bond motifs is 10. The van der Waals surface area contributed by atoms with E-state index in [0.29, 0.717) is 17.6 Å². The quantitative estimate of drug-likeness (QED) is 0.160. The molecule has 0 amide bonds. The molecule has 322 valence electrons. The highest BCUT2D eigenvalue weighted by Gasteiger charge is 2.24. The predicted octanol–water partition coefficient (Wildman–Crippen LogP) is 16.3. The highest BCUT2D eigenvalue weighted by molar-refractivity contribution is 6.23. The van der Waals surface area contributed by atoms with E-state index in [4.69, 9.17) is 19.4 Å². The Bertz CT molecular complexity index is 4280. The first kappa shape index (κ1) is 38.8. The summed E-state index contributed by atoms with van der Waals surface area (Å²) in [5, 5.41) is 6.59. The first-order valence-corrected chi connectivity index (χ1v) is 23.3. The fourth-order valence-corrected chi connectivity index (χ4v) is 10.4. The number of hydrogen-bond acceptors (Lipinski definition) is 4. The van der Waals surface area contributed by atoms with Crippen molar-refractivity contribution in [2.45, 2.75) is 0 Å². The summed E-state index contributed by atoms with van der Waals surface area (Å²) < 4.78 is 11.2. The van der Waals surface area contributed by atoms with Crippen molar-refractivity contribution < 1.29 is 4.42 Å². The van der Waals surface area contributed by atoms with Gasteiger partial charge in [-0.2, -0.15) is 9.97 Å². The van der Waals surface area contributed by atoms with Crippen LogP contribution in [0.3, 0.4) is 0 Å². The molecule has 4 aromatic heterocycles. The zero-order valence-electron chi connectivity index (χ0n) is 37.2. The highest BCUT2D eigenvalue weighted by Crippen LogP contribution is 2.43. The molecule has 0 fully saturated rings. The van der Waals surface area contributed by atoms with Crippen LogP contribution in [0.5, 0.6) is 0 Å². The van der Waals surface area contributed by atoms with Crippen molar-refractivity contribution in [3.8, 4) is 67.8 Å². The minimum Gasteiger partial charge on any atom is -0.456 e. The Hall–Kier alpha value is -9.39. The fraction of sp³-hybridized carbons (Fsp3) is 0. The molecule has 0 N–H and O–H groups in total. The molecular formula is C63H39N5O. The topological polar surface area (TPSA) is 61.7 Å². The maximum absolute atomic E-state index is 6.52. The zero-order chi connectivity index (χ0) is 45.4. The molecule has 0 aliphatic rings. The summed E-state index contributed by atoms with van der Waals surface area (Å²) in [6.45, 7) is 0. The van der Waals surface area contributed by atoms with Crippen molar-refractivity contribution in [1.29, 1.82) is 0 Å². The maximum Gasteiger partial charge on any atom is 0.238 e. The van der Waals surface area contributed by atoms with Crippen LogP contribution in [0.2, 0.25) is 0 Å². The number of para-hydroxylation sites is 2. The third kappa shape index (κ3) is 6.30. The van der Waals surface area contributed by atoms with E-state index in [1.54, 1.807) is 0 Å². The average Bonchev–Trinajstić information content (AvgIpc) is 4.09. The smallest absolute Gasteiger partial charge is 0.238 e. The van der Waals surface area contributed by atoms with Crippen molar-refractivity contribution in [3.63, 3.8) is 0 Å². The summed E-state index contributed by atoms with van der Waals surface area (Å²) in [4.78, 5) is 16.4. The van der Waals surface area contributed by atoms with E-state index in [-0.39, 0.29) is 0 Å². The lowest BCUT2D eigenvalue weighted by Gasteiger charge is -2.14. The molecule has 0 atom stereocenters. The Morgan fingerprint density at radius 2 is 0.812 bits per heavy atom. The van der Waals surface area contributed by atoms with E-state index in [0.717, 1.165) is 99.2 Å². The lowest BCUT2D eigenvalue weighted by molar-refractivity contribution is 0.669. The second-order valence-electron chi connectivity index (χ2n) is 17.6. The molecule has 0 spiro atoms. The lowest BCUT2D eigenvalue weighted by Crippen LogP contribution is -2.07. The normalized spacial score (nSPS) is 11.8. The average molecular weight is 882 g/mol. The third-order valence-electron chi connectivity index (χ3n) is 13.6. The van der Waals surface area contributed by atoms with Crippen LogP contribution in [0.1, 0.15) is 0 Å². The third-order valence-corrected chi connectivity index (χ3v) is 13.6. The van der Waals surface area contributed by atoms with E-state index >= 15 is 0 Å². The second kappa shape index (κ2) is 15.6. The lowest BCUT2D eigenvalue weighted by atomic mass is 9.99. The maximum atomic E-state index is 6.52. The molecule has 0 radical (unpaired) electrons. The molecule has 6 nitrogen and oxygen atoms in total. The van der Waals surface area contributed by atoms with Crippen LogP contribution in [-0.2, 0) is 0 Å². The second-order valence-corrected chi connectivity index (χ2v) is 17.6. The monoisotopic (exact) mass is 881 g/mol. The Balaban J connectivity index is 1.06. The standard InChI is InChI=1S/C63H39N5O/c1-4-16-40(17-5-1)42-30-33-47(34-31-42)67-54-27-12-10-24-49(54)51-35-36-52-50-25-11-13-28-55(50)68(60(52)59(51)67)63-65-61(45-23-14-22-44(38-45)41-18-6-2-7-19-41)64-62(66-63)46-32-37-56-53(39-46)58-48(26-15-29-57(58)69-56)43-20-8-3-9-21-43/h1-39H. The molecule has 0 saturated carbocycles. The molecule has 14 rings (SSSR count). The van der Waals surface area contributed by atoms with Gasteiger partial charge in [-0.1, -0.05) is 182 Å². The van der Waals surface area contributed by atoms with Crippen molar-refractivity contribution in [2.75, 3.05) is 0 Å². The molecule has 0 saturated heterocycles. The van der Waals surface area contributed by atoms with Gasteiger partial charge in [0.2, 0.25) is 5.95 Å².